The van der Waals surface area contributed by atoms with Crippen LogP contribution in [0.3, 0.4) is 0 Å². The van der Waals surface area contributed by atoms with Gasteiger partial charge >= 0.3 is 0 Å². The summed E-state index contributed by atoms with van der Waals surface area (Å²) in [4.78, 5) is 13.9. The number of nitrogen functional groups attached to an aromatic ring is 1. The summed E-state index contributed by atoms with van der Waals surface area (Å²) < 4.78 is 5.52. The van der Waals surface area contributed by atoms with Crippen LogP contribution in [0.25, 0.3) is 0 Å². The summed E-state index contributed by atoms with van der Waals surface area (Å²) in [5.74, 6) is 1.07. The van der Waals surface area contributed by atoms with Crippen molar-refractivity contribution in [3.05, 3.63) is 24.3 Å². The van der Waals surface area contributed by atoms with Crippen molar-refractivity contribution in [1.29, 1.82) is 0 Å². The van der Waals surface area contributed by atoms with Gasteiger partial charge in [-0.05, 0) is 24.5 Å². The summed E-state index contributed by atoms with van der Waals surface area (Å²) in [6.07, 6.45) is 1.27. The minimum absolute atomic E-state index is 0.0307. The Kier molecular flexibility index (Phi) is 4.84. The second-order valence-electron chi connectivity index (χ2n) is 5.27. The van der Waals surface area contributed by atoms with Crippen molar-refractivity contribution in [3.63, 3.8) is 0 Å². The van der Waals surface area contributed by atoms with Crippen molar-refractivity contribution in [1.82, 2.24) is 4.90 Å². The summed E-state index contributed by atoms with van der Waals surface area (Å²) in [5.41, 5.74) is 6.30. The molecule has 0 aromatic heterocycles. The predicted molar refractivity (Wildman–Crippen MR) is 77.3 cm³/mol. The van der Waals surface area contributed by atoms with Gasteiger partial charge in [0.05, 0.1) is 25.7 Å². The molecule has 20 heavy (non-hydrogen) atoms. The van der Waals surface area contributed by atoms with E-state index >= 15 is 0 Å². The van der Waals surface area contributed by atoms with E-state index in [0.717, 1.165) is 13.0 Å². The smallest absolute Gasteiger partial charge is 0.226 e. The zero-order valence-corrected chi connectivity index (χ0v) is 11.8. The molecular formula is C15H22N2O3. The molecule has 0 spiro atoms. The Bertz CT molecular complexity index is 464. The second kappa shape index (κ2) is 6.61. The van der Waals surface area contributed by atoms with Crippen molar-refractivity contribution >= 4 is 11.6 Å². The fraction of sp³-hybridized carbons (Fsp3) is 0.533. The van der Waals surface area contributed by atoms with Crippen molar-refractivity contribution in [3.8, 4) is 5.75 Å². The quantitative estimate of drug-likeness (QED) is 0.795. The van der Waals surface area contributed by atoms with Crippen molar-refractivity contribution in [2.24, 2.45) is 5.92 Å². The topological polar surface area (TPSA) is 75.8 Å². The number of nitrogens with two attached hydrogens (primary N) is 1. The molecule has 2 unspecified atom stereocenters. The van der Waals surface area contributed by atoms with Gasteiger partial charge in [-0.25, -0.2) is 0 Å². The van der Waals surface area contributed by atoms with E-state index in [1.165, 1.54) is 0 Å². The van der Waals surface area contributed by atoms with Crippen molar-refractivity contribution < 1.29 is 14.6 Å². The first-order valence-electron chi connectivity index (χ1n) is 7.00. The number of hydrogen-bond donors (Lipinski definition) is 2. The molecule has 110 valence electrons. The molecule has 1 aromatic rings. The van der Waals surface area contributed by atoms with E-state index in [-0.39, 0.29) is 18.6 Å². The minimum Gasteiger partial charge on any atom is -0.493 e. The summed E-state index contributed by atoms with van der Waals surface area (Å²) in [5, 5.41) is 9.35. The Morgan fingerprint density at radius 1 is 1.55 bits per heavy atom. The van der Waals surface area contributed by atoms with Crippen molar-refractivity contribution in [2.75, 3.05) is 25.5 Å². The molecule has 0 aliphatic carbocycles. The lowest BCUT2D eigenvalue weighted by atomic mass is 10.0. The van der Waals surface area contributed by atoms with Crippen LogP contribution in [0.4, 0.5) is 5.69 Å². The predicted octanol–water partition coefficient (Wildman–Crippen LogP) is 1.27. The fourth-order valence-electron chi connectivity index (χ4n) is 2.60. The average Bonchev–Trinajstić information content (AvgIpc) is 2.80. The van der Waals surface area contributed by atoms with Gasteiger partial charge in [-0.1, -0.05) is 13.0 Å². The van der Waals surface area contributed by atoms with Crippen LogP contribution in [0.1, 0.15) is 19.8 Å². The summed E-state index contributed by atoms with van der Waals surface area (Å²) in [6, 6.07) is 7.11. The van der Waals surface area contributed by atoms with Gasteiger partial charge in [-0.2, -0.15) is 0 Å². The standard InChI is InChI=1S/C15H22N2O3/c1-11-5-7-17(14(11)10-18)15(19)6-8-20-13-4-2-3-12(16)9-13/h2-4,9,11,14,18H,5-8,10,16H2,1H3. The van der Waals surface area contributed by atoms with E-state index in [9.17, 15) is 9.90 Å². The highest BCUT2D eigenvalue weighted by molar-refractivity contribution is 5.77. The third-order valence-electron chi connectivity index (χ3n) is 3.83. The van der Waals surface area contributed by atoms with E-state index in [0.29, 0.717) is 30.4 Å². The highest BCUT2D eigenvalue weighted by atomic mass is 16.5. The number of aliphatic hydroxyl groups is 1. The Morgan fingerprint density at radius 2 is 2.35 bits per heavy atom. The monoisotopic (exact) mass is 278 g/mol. The molecule has 0 saturated carbocycles. The second-order valence-corrected chi connectivity index (χ2v) is 5.27. The number of ether oxygens (including phenoxy) is 1. The number of aliphatic hydroxyl groups excluding tert-OH is 1. The number of likely N-dealkylation sites (tertiary alicyclic amines) is 1. The van der Waals surface area contributed by atoms with Crippen LogP contribution >= 0.6 is 0 Å². The van der Waals surface area contributed by atoms with Gasteiger partial charge in [0.2, 0.25) is 5.91 Å². The number of rotatable bonds is 5. The van der Waals surface area contributed by atoms with Gasteiger partial charge in [0, 0.05) is 18.3 Å². The van der Waals surface area contributed by atoms with E-state index in [4.69, 9.17) is 10.5 Å². The number of benzene rings is 1. The molecule has 2 atom stereocenters. The molecule has 1 saturated heterocycles. The van der Waals surface area contributed by atoms with E-state index in [1.54, 1.807) is 17.0 Å². The molecule has 1 fully saturated rings. The maximum atomic E-state index is 12.1. The Balaban J connectivity index is 1.81. The largest absolute Gasteiger partial charge is 0.493 e. The maximum Gasteiger partial charge on any atom is 0.226 e. The van der Waals surface area contributed by atoms with Gasteiger partial charge in [-0.3, -0.25) is 4.79 Å². The lowest BCUT2D eigenvalue weighted by molar-refractivity contribution is -0.133. The fourth-order valence-corrected chi connectivity index (χ4v) is 2.60. The minimum atomic E-state index is -0.0464. The first-order chi connectivity index (χ1) is 9.61. The highest BCUT2D eigenvalue weighted by Gasteiger charge is 2.33. The molecule has 1 aliphatic heterocycles. The molecule has 2 rings (SSSR count). The molecule has 0 bridgehead atoms. The third kappa shape index (κ3) is 3.42. The Labute approximate surface area is 119 Å². The number of carbonyl (C=O) groups is 1. The number of hydrogen-bond acceptors (Lipinski definition) is 4. The van der Waals surface area contributed by atoms with Crippen LogP contribution in [0.5, 0.6) is 5.75 Å². The van der Waals surface area contributed by atoms with Gasteiger partial charge in [0.15, 0.2) is 0 Å². The first kappa shape index (κ1) is 14.7. The summed E-state index contributed by atoms with van der Waals surface area (Å²) >= 11 is 0. The third-order valence-corrected chi connectivity index (χ3v) is 3.83. The Hall–Kier alpha value is -1.75. The van der Waals surface area contributed by atoms with Crippen LogP contribution in [-0.4, -0.2) is 41.7 Å². The molecular weight excluding hydrogens is 256 g/mol. The number of carbonyl (C=O) groups excluding carboxylic acids is 1. The molecule has 1 aliphatic rings. The van der Waals surface area contributed by atoms with Gasteiger partial charge in [-0.15, -0.1) is 0 Å². The molecule has 5 heteroatoms. The molecule has 3 N–H and O–H groups in total. The van der Waals surface area contributed by atoms with Gasteiger partial charge < -0.3 is 20.5 Å². The van der Waals surface area contributed by atoms with Crippen LogP contribution in [0.2, 0.25) is 0 Å². The summed E-state index contributed by atoms with van der Waals surface area (Å²) in [6.45, 7) is 3.15. The molecule has 1 amide bonds. The lowest BCUT2D eigenvalue weighted by Crippen LogP contribution is -2.40. The number of anilines is 1. The lowest BCUT2D eigenvalue weighted by Gasteiger charge is -2.25. The number of nitrogens with zero attached hydrogens (tertiary/aromatic N) is 1. The molecule has 5 nitrogen and oxygen atoms in total. The van der Waals surface area contributed by atoms with E-state index < -0.39 is 0 Å². The zero-order chi connectivity index (χ0) is 14.5. The van der Waals surface area contributed by atoms with Gasteiger partial charge in [0.25, 0.3) is 0 Å². The van der Waals surface area contributed by atoms with Gasteiger partial charge in [0.1, 0.15) is 5.75 Å². The Morgan fingerprint density at radius 3 is 3.05 bits per heavy atom. The van der Waals surface area contributed by atoms with E-state index in [2.05, 4.69) is 6.92 Å². The van der Waals surface area contributed by atoms with Crippen LogP contribution in [0.15, 0.2) is 24.3 Å². The van der Waals surface area contributed by atoms with E-state index in [1.807, 2.05) is 12.1 Å². The first-order valence-corrected chi connectivity index (χ1v) is 7.00. The van der Waals surface area contributed by atoms with Crippen LogP contribution in [-0.2, 0) is 4.79 Å². The normalized spacial score (nSPS) is 22.0. The SMILES string of the molecule is CC1CCN(C(=O)CCOc2cccc(N)c2)C1CO. The molecule has 1 aromatic carbocycles. The van der Waals surface area contributed by atoms with Crippen molar-refractivity contribution in [2.45, 2.75) is 25.8 Å². The zero-order valence-electron chi connectivity index (χ0n) is 11.8. The molecule has 0 radical (unpaired) electrons. The maximum absolute atomic E-state index is 12.1. The average molecular weight is 278 g/mol. The summed E-state index contributed by atoms with van der Waals surface area (Å²) in [7, 11) is 0. The molecule has 1 heterocycles. The van der Waals surface area contributed by atoms with Crippen LogP contribution < -0.4 is 10.5 Å². The van der Waals surface area contributed by atoms with Crippen LogP contribution in [0, 0.1) is 5.92 Å². The highest BCUT2D eigenvalue weighted by Crippen LogP contribution is 2.24. The number of amides is 1.